The molecule has 2 aromatic rings. The molecule has 2 N–H and O–H groups in total. The van der Waals surface area contributed by atoms with Crippen LogP contribution < -0.4 is 10.5 Å². The van der Waals surface area contributed by atoms with E-state index in [2.05, 4.69) is 9.97 Å². The summed E-state index contributed by atoms with van der Waals surface area (Å²) in [6, 6.07) is 3.95. The van der Waals surface area contributed by atoms with E-state index in [-0.39, 0.29) is 33.2 Å². The maximum atomic E-state index is 10.9. The van der Waals surface area contributed by atoms with E-state index in [4.69, 9.17) is 33.7 Å². The minimum atomic E-state index is -0.625. The lowest BCUT2D eigenvalue weighted by atomic mass is 10.3. The van der Waals surface area contributed by atoms with E-state index in [0.29, 0.717) is 0 Å². The summed E-state index contributed by atoms with van der Waals surface area (Å²) >= 11 is 11.5. The second kappa shape index (κ2) is 5.25. The van der Waals surface area contributed by atoms with E-state index in [1.165, 1.54) is 12.1 Å². The van der Waals surface area contributed by atoms with E-state index in [1.807, 2.05) is 0 Å². The molecule has 0 atom stereocenters. The summed E-state index contributed by atoms with van der Waals surface area (Å²) in [6.07, 6.45) is 1.14. The molecule has 0 unspecified atom stereocenters. The molecule has 19 heavy (non-hydrogen) atoms. The number of benzene rings is 1. The van der Waals surface area contributed by atoms with E-state index >= 15 is 0 Å². The highest BCUT2D eigenvalue weighted by Gasteiger charge is 2.18. The van der Waals surface area contributed by atoms with Gasteiger partial charge in [-0.15, -0.1) is 0 Å². The minimum absolute atomic E-state index is 0.0169. The predicted molar refractivity (Wildman–Crippen MR) is 69.6 cm³/mol. The maximum absolute atomic E-state index is 10.9. The Balaban J connectivity index is 2.44. The first kappa shape index (κ1) is 13.3. The normalized spacial score (nSPS) is 10.2. The molecular formula is C10H6Cl2N4O3. The van der Waals surface area contributed by atoms with Crippen LogP contribution in [0.25, 0.3) is 0 Å². The zero-order valence-electron chi connectivity index (χ0n) is 9.21. The molecule has 0 aliphatic carbocycles. The first-order valence-electron chi connectivity index (χ1n) is 4.87. The number of nitro groups is 1. The number of nitro benzene ring substituents is 1. The Bertz CT molecular complexity index is 651. The third-order valence-corrected chi connectivity index (χ3v) is 2.70. The van der Waals surface area contributed by atoms with Crippen LogP contribution in [0.4, 0.5) is 11.5 Å². The molecule has 0 saturated heterocycles. The number of aromatic nitrogens is 2. The summed E-state index contributed by atoms with van der Waals surface area (Å²) in [5.41, 5.74) is 5.17. The molecule has 9 heteroatoms. The van der Waals surface area contributed by atoms with Crippen molar-refractivity contribution in [1.29, 1.82) is 0 Å². The van der Waals surface area contributed by atoms with Crippen molar-refractivity contribution in [2.45, 2.75) is 0 Å². The first-order valence-corrected chi connectivity index (χ1v) is 5.62. The zero-order valence-corrected chi connectivity index (χ0v) is 10.7. The summed E-state index contributed by atoms with van der Waals surface area (Å²) in [5.74, 6) is -0.0997. The van der Waals surface area contributed by atoms with E-state index in [0.717, 1.165) is 12.4 Å². The number of rotatable bonds is 3. The van der Waals surface area contributed by atoms with Gasteiger partial charge in [0.1, 0.15) is 17.2 Å². The van der Waals surface area contributed by atoms with Gasteiger partial charge in [0.15, 0.2) is 0 Å². The van der Waals surface area contributed by atoms with Gasteiger partial charge in [-0.3, -0.25) is 10.1 Å². The van der Waals surface area contributed by atoms with Crippen molar-refractivity contribution >= 4 is 34.7 Å². The third-order valence-electron chi connectivity index (χ3n) is 2.11. The minimum Gasteiger partial charge on any atom is -0.430 e. The lowest BCUT2D eigenvalue weighted by molar-refractivity contribution is -0.385. The number of anilines is 1. The lowest BCUT2D eigenvalue weighted by Crippen LogP contribution is -1.98. The Morgan fingerprint density at radius 1 is 1.32 bits per heavy atom. The molecule has 0 amide bonds. The highest BCUT2D eigenvalue weighted by molar-refractivity contribution is 6.34. The molecule has 1 aromatic carbocycles. The van der Waals surface area contributed by atoms with Crippen LogP contribution in [-0.4, -0.2) is 14.9 Å². The van der Waals surface area contributed by atoms with Crippen molar-refractivity contribution in [3.8, 4) is 11.6 Å². The van der Waals surface area contributed by atoms with Crippen LogP contribution in [0.2, 0.25) is 10.0 Å². The summed E-state index contributed by atoms with van der Waals surface area (Å²) < 4.78 is 5.27. The number of nitrogens with two attached hydrogens (primary N) is 1. The molecular weight excluding hydrogens is 295 g/mol. The summed E-state index contributed by atoms with van der Waals surface area (Å²) in [4.78, 5) is 17.7. The smallest absolute Gasteiger partial charge is 0.313 e. The number of nitrogen functional groups attached to an aromatic ring is 1. The van der Waals surface area contributed by atoms with Crippen LogP contribution in [0.1, 0.15) is 0 Å². The quantitative estimate of drug-likeness (QED) is 0.690. The summed E-state index contributed by atoms with van der Waals surface area (Å²) in [7, 11) is 0. The van der Waals surface area contributed by atoms with Crippen LogP contribution in [-0.2, 0) is 0 Å². The van der Waals surface area contributed by atoms with Crippen LogP contribution in [0, 0.1) is 10.1 Å². The van der Waals surface area contributed by atoms with Gasteiger partial charge in [0.2, 0.25) is 11.6 Å². The van der Waals surface area contributed by atoms with Crippen LogP contribution in [0.3, 0.4) is 0 Å². The van der Waals surface area contributed by atoms with Gasteiger partial charge >= 0.3 is 5.69 Å². The fraction of sp³-hybridized carbons (Fsp3) is 0. The number of hydrogen-bond donors (Lipinski definition) is 1. The second-order valence-corrected chi connectivity index (χ2v) is 4.16. The monoisotopic (exact) mass is 300 g/mol. The van der Waals surface area contributed by atoms with Gasteiger partial charge in [0, 0.05) is 11.1 Å². The van der Waals surface area contributed by atoms with Gasteiger partial charge in [-0.05, 0) is 12.1 Å². The molecule has 0 saturated carbocycles. The molecule has 2 rings (SSSR count). The summed E-state index contributed by atoms with van der Waals surface area (Å²) in [6.45, 7) is 0. The molecule has 0 aliphatic heterocycles. The molecule has 7 nitrogen and oxygen atoms in total. The van der Waals surface area contributed by atoms with E-state index in [9.17, 15) is 10.1 Å². The van der Waals surface area contributed by atoms with Crippen LogP contribution in [0.5, 0.6) is 11.6 Å². The molecule has 1 aromatic heterocycles. The van der Waals surface area contributed by atoms with Crippen molar-refractivity contribution in [2.75, 3.05) is 5.73 Å². The molecule has 0 bridgehead atoms. The Morgan fingerprint density at radius 3 is 2.74 bits per heavy atom. The number of halogens is 2. The Hall–Kier alpha value is -2.12. The van der Waals surface area contributed by atoms with Crippen molar-refractivity contribution in [3.63, 3.8) is 0 Å². The Morgan fingerprint density at radius 2 is 2.05 bits per heavy atom. The van der Waals surface area contributed by atoms with Crippen LogP contribution >= 0.6 is 23.2 Å². The average Bonchev–Trinajstić information content (AvgIpc) is 2.36. The first-order chi connectivity index (χ1) is 8.99. The van der Waals surface area contributed by atoms with Gasteiger partial charge in [-0.1, -0.05) is 23.2 Å². The molecule has 0 spiro atoms. The number of ether oxygens (including phenoxy) is 1. The Labute approximate surface area is 117 Å². The molecule has 0 aliphatic rings. The zero-order chi connectivity index (χ0) is 14.0. The van der Waals surface area contributed by atoms with Gasteiger partial charge in [0.05, 0.1) is 4.92 Å². The van der Waals surface area contributed by atoms with Crippen LogP contribution in [0.15, 0.2) is 24.5 Å². The SMILES string of the molecule is Nc1ncnc(Oc2ccc(Cl)cc2[N+](=O)[O-])c1Cl. The molecule has 1 heterocycles. The topological polar surface area (TPSA) is 104 Å². The number of nitrogens with zero attached hydrogens (tertiary/aromatic N) is 3. The van der Waals surface area contributed by atoms with Crippen molar-refractivity contribution < 1.29 is 9.66 Å². The largest absolute Gasteiger partial charge is 0.430 e. The molecule has 0 fully saturated rings. The fourth-order valence-electron chi connectivity index (χ4n) is 1.26. The van der Waals surface area contributed by atoms with Gasteiger partial charge in [-0.25, -0.2) is 4.98 Å². The van der Waals surface area contributed by atoms with Gasteiger partial charge in [-0.2, -0.15) is 4.98 Å². The molecule has 0 radical (unpaired) electrons. The maximum Gasteiger partial charge on any atom is 0.313 e. The van der Waals surface area contributed by atoms with Gasteiger partial charge in [0.25, 0.3) is 0 Å². The third kappa shape index (κ3) is 2.83. The lowest BCUT2D eigenvalue weighted by Gasteiger charge is -2.07. The van der Waals surface area contributed by atoms with Crippen molar-refractivity contribution in [2.24, 2.45) is 0 Å². The van der Waals surface area contributed by atoms with Crippen molar-refractivity contribution in [1.82, 2.24) is 9.97 Å². The van der Waals surface area contributed by atoms with Gasteiger partial charge < -0.3 is 10.5 Å². The predicted octanol–water partition coefficient (Wildman–Crippen LogP) is 3.07. The Kier molecular flexibility index (Phi) is 3.68. The van der Waals surface area contributed by atoms with E-state index in [1.54, 1.807) is 0 Å². The standard InChI is InChI=1S/C10H6Cl2N4O3/c11-5-1-2-7(6(3-5)16(17)18)19-10-8(12)9(13)14-4-15-10/h1-4H,(H2,13,14,15). The molecule has 98 valence electrons. The second-order valence-electron chi connectivity index (χ2n) is 3.35. The summed E-state index contributed by atoms with van der Waals surface area (Å²) in [5, 5.41) is 11.1. The highest BCUT2D eigenvalue weighted by atomic mass is 35.5. The number of hydrogen-bond acceptors (Lipinski definition) is 6. The van der Waals surface area contributed by atoms with Crippen molar-refractivity contribution in [3.05, 3.63) is 44.7 Å². The fourth-order valence-corrected chi connectivity index (χ4v) is 1.56. The highest BCUT2D eigenvalue weighted by Crippen LogP contribution is 2.36. The average molecular weight is 301 g/mol. The van der Waals surface area contributed by atoms with E-state index < -0.39 is 4.92 Å².